The van der Waals surface area contributed by atoms with Gasteiger partial charge in [0, 0.05) is 4.47 Å². The number of furan rings is 1. The van der Waals surface area contributed by atoms with Gasteiger partial charge in [0.05, 0.1) is 12.3 Å². The van der Waals surface area contributed by atoms with Crippen molar-refractivity contribution in [2.45, 2.75) is 26.3 Å². The van der Waals surface area contributed by atoms with E-state index in [2.05, 4.69) is 53.3 Å². The molecule has 0 aliphatic heterocycles. The average Bonchev–Trinajstić information content (AvgIpc) is 2.82. The fourth-order valence-electron chi connectivity index (χ4n) is 2.06. The summed E-state index contributed by atoms with van der Waals surface area (Å²) in [7, 11) is 0. The molecule has 0 bridgehead atoms. The molecule has 1 heterocycles. The van der Waals surface area contributed by atoms with E-state index in [-0.39, 0.29) is 6.04 Å². The highest BCUT2D eigenvalue weighted by molar-refractivity contribution is 9.10. The summed E-state index contributed by atoms with van der Waals surface area (Å²) >= 11 is 3.55. The fourth-order valence-corrected chi connectivity index (χ4v) is 2.68. The Bertz CT molecular complexity index is 473. The van der Waals surface area contributed by atoms with E-state index in [0.29, 0.717) is 0 Å². The molecule has 18 heavy (non-hydrogen) atoms. The van der Waals surface area contributed by atoms with E-state index >= 15 is 0 Å². The van der Waals surface area contributed by atoms with Gasteiger partial charge in [0.15, 0.2) is 0 Å². The van der Waals surface area contributed by atoms with Crippen LogP contribution < -0.4 is 5.32 Å². The zero-order valence-electron chi connectivity index (χ0n) is 10.7. The number of hydrogen-bond acceptors (Lipinski definition) is 2. The molecule has 1 unspecified atom stereocenters. The summed E-state index contributed by atoms with van der Waals surface area (Å²) in [6.45, 7) is 5.24. The number of hydrogen-bond donors (Lipinski definition) is 1. The van der Waals surface area contributed by atoms with Gasteiger partial charge in [0.1, 0.15) is 5.76 Å². The van der Waals surface area contributed by atoms with E-state index in [1.54, 1.807) is 6.26 Å². The lowest BCUT2D eigenvalue weighted by Gasteiger charge is -2.17. The van der Waals surface area contributed by atoms with Gasteiger partial charge in [-0.25, -0.2) is 0 Å². The molecule has 0 aliphatic rings. The van der Waals surface area contributed by atoms with E-state index in [1.165, 1.54) is 11.1 Å². The summed E-state index contributed by atoms with van der Waals surface area (Å²) in [6.07, 6.45) is 2.82. The molecular formula is C15H18BrNO. The predicted octanol–water partition coefficient (Wildman–Crippen LogP) is 4.44. The summed E-state index contributed by atoms with van der Waals surface area (Å²) in [5, 5.41) is 3.53. The lowest BCUT2D eigenvalue weighted by atomic mass is 10.0. The molecule has 1 atom stereocenters. The molecule has 0 aliphatic carbocycles. The minimum absolute atomic E-state index is 0.121. The zero-order valence-corrected chi connectivity index (χ0v) is 12.3. The predicted molar refractivity (Wildman–Crippen MR) is 77.7 cm³/mol. The maximum Gasteiger partial charge on any atom is 0.125 e. The first-order valence-corrected chi connectivity index (χ1v) is 7.04. The third-order valence-corrected chi connectivity index (χ3v) is 3.28. The molecule has 0 amide bonds. The van der Waals surface area contributed by atoms with Crippen molar-refractivity contribution in [1.82, 2.24) is 5.32 Å². The average molecular weight is 308 g/mol. The molecule has 96 valence electrons. The van der Waals surface area contributed by atoms with E-state index in [0.717, 1.165) is 23.2 Å². The van der Waals surface area contributed by atoms with Crippen molar-refractivity contribution in [2.75, 3.05) is 6.54 Å². The first-order valence-electron chi connectivity index (χ1n) is 6.24. The van der Waals surface area contributed by atoms with Gasteiger partial charge in [-0.3, -0.25) is 0 Å². The normalized spacial score (nSPS) is 12.6. The van der Waals surface area contributed by atoms with Crippen molar-refractivity contribution in [1.29, 1.82) is 0 Å². The van der Waals surface area contributed by atoms with Crippen LogP contribution in [0.3, 0.4) is 0 Å². The van der Waals surface area contributed by atoms with E-state index in [1.807, 2.05) is 12.1 Å². The Labute approximate surface area is 117 Å². The van der Waals surface area contributed by atoms with Gasteiger partial charge >= 0.3 is 0 Å². The van der Waals surface area contributed by atoms with Gasteiger partial charge in [-0.1, -0.05) is 28.9 Å². The summed E-state index contributed by atoms with van der Waals surface area (Å²) < 4.78 is 6.65. The Kier molecular flexibility index (Phi) is 4.61. The van der Waals surface area contributed by atoms with Gasteiger partial charge < -0.3 is 9.73 Å². The quantitative estimate of drug-likeness (QED) is 0.883. The van der Waals surface area contributed by atoms with Crippen LogP contribution in [0.1, 0.15) is 36.3 Å². The van der Waals surface area contributed by atoms with Crippen LogP contribution in [-0.2, 0) is 0 Å². The lowest BCUT2D eigenvalue weighted by Crippen LogP contribution is -2.22. The molecule has 0 saturated heterocycles. The van der Waals surface area contributed by atoms with Crippen molar-refractivity contribution in [2.24, 2.45) is 0 Å². The number of aryl methyl sites for hydroxylation is 1. The van der Waals surface area contributed by atoms with Gasteiger partial charge in [0.2, 0.25) is 0 Å². The number of nitrogens with one attached hydrogen (secondary N) is 1. The maximum absolute atomic E-state index is 5.55. The van der Waals surface area contributed by atoms with Gasteiger partial charge in [-0.05, 0) is 55.3 Å². The van der Waals surface area contributed by atoms with Crippen molar-refractivity contribution in [3.05, 3.63) is 58.0 Å². The van der Waals surface area contributed by atoms with Crippen molar-refractivity contribution in [3.8, 4) is 0 Å². The lowest BCUT2D eigenvalue weighted by molar-refractivity contribution is 0.446. The molecule has 0 fully saturated rings. The van der Waals surface area contributed by atoms with Crippen LogP contribution in [0, 0.1) is 6.92 Å². The number of benzene rings is 1. The highest BCUT2D eigenvalue weighted by atomic mass is 79.9. The topological polar surface area (TPSA) is 25.2 Å². The summed E-state index contributed by atoms with van der Waals surface area (Å²) in [6, 6.07) is 10.5. The Balaban J connectivity index is 2.33. The summed E-state index contributed by atoms with van der Waals surface area (Å²) in [4.78, 5) is 0. The SMILES string of the molecule is CCCNC(c1cc(C)cc(Br)c1)c1ccco1. The molecule has 3 heteroatoms. The van der Waals surface area contributed by atoms with Crippen LogP contribution in [0.5, 0.6) is 0 Å². The minimum atomic E-state index is 0.121. The minimum Gasteiger partial charge on any atom is -0.467 e. The molecule has 1 aromatic heterocycles. The zero-order chi connectivity index (χ0) is 13.0. The highest BCUT2D eigenvalue weighted by Gasteiger charge is 2.16. The van der Waals surface area contributed by atoms with Gasteiger partial charge in [0.25, 0.3) is 0 Å². The monoisotopic (exact) mass is 307 g/mol. The molecule has 0 spiro atoms. The van der Waals surface area contributed by atoms with Gasteiger partial charge in [-0.2, -0.15) is 0 Å². The van der Waals surface area contributed by atoms with Crippen molar-refractivity contribution >= 4 is 15.9 Å². The molecule has 1 aromatic carbocycles. The summed E-state index contributed by atoms with van der Waals surface area (Å²) in [5.41, 5.74) is 2.47. The van der Waals surface area contributed by atoms with Crippen LogP contribution in [0.15, 0.2) is 45.5 Å². The Morgan fingerprint density at radius 2 is 2.17 bits per heavy atom. The van der Waals surface area contributed by atoms with Crippen LogP contribution in [0.25, 0.3) is 0 Å². The first-order chi connectivity index (χ1) is 8.70. The Hall–Kier alpha value is -1.06. The number of rotatable bonds is 5. The van der Waals surface area contributed by atoms with Crippen molar-refractivity contribution < 1.29 is 4.42 Å². The van der Waals surface area contributed by atoms with E-state index in [9.17, 15) is 0 Å². The highest BCUT2D eigenvalue weighted by Crippen LogP contribution is 2.26. The second-order valence-electron chi connectivity index (χ2n) is 4.46. The van der Waals surface area contributed by atoms with Crippen LogP contribution in [-0.4, -0.2) is 6.54 Å². The molecule has 2 rings (SSSR count). The third kappa shape index (κ3) is 3.24. The fraction of sp³-hybridized carbons (Fsp3) is 0.333. The smallest absolute Gasteiger partial charge is 0.125 e. The van der Waals surface area contributed by atoms with Crippen molar-refractivity contribution in [3.63, 3.8) is 0 Å². The van der Waals surface area contributed by atoms with Gasteiger partial charge in [-0.15, -0.1) is 0 Å². The molecule has 0 saturated carbocycles. The van der Waals surface area contributed by atoms with Crippen LogP contribution >= 0.6 is 15.9 Å². The molecule has 1 N–H and O–H groups in total. The van der Waals surface area contributed by atoms with Crippen LogP contribution in [0.4, 0.5) is 0 Å². The Morgan fingerprint density at radius 3 is 2.78 bits per heavy atom. The second-order valence-corrected chi connectivity index (χ2v) is 5.38. The largest absolute Gasteiger partial charge is 0.467 e. The van der Waals surface area contributed by atoms with E-state index < -0.39 is 0 Å². The molecule has 2 aromatic rings. The Morgan fingerprint density at radius 1 is 1.33 bits per heavy atom. The molecular weight excluding hydrogens is 290 g/mol. The molecule has 2 nitrogen and oxygen atoms in total. The summed E-state index contributed by atoms with van der Waals surface area (Å²) in [5.74, 6) is 0.959. The maximum atomic E-state index is 5.55. The standard InChI is InChI=1S/C15H18BrNO/c1-3-6-17-15(14-5-4-7-18-14)12-8-11(2)9-13(16)10-12/h4-5,7-10,15,17H,3,6H2,1-2H3. The second kappa shape index (κ2) is 6.21. The first kappa shape index (κ1) is 13.4. The van der Waals surface area contributed by atoms with Crippen LogP contribution in [0.2, 0.25) is 0 Å². The molecule has 0 radical (unpaired) electrons. The van der Waals surface area contributed by atoms with E-state index in [4.69, 9.17) is 4.42 Å². The third-order valence-electron chi connectivity index (χ3n) is 2.82. The number of halogens is 1.